The van der Waals surface area contributed by atoms with Crippen molar-refractivity contribution in [1.82, 2.24) is 0 Å². The van der Waals surface area contributed by atoms with Gasteiger partial charge in [0.25, 0.3) is 0 Å². The maximum atomic E-state index is 11.6. The Kier molecular flexibility index (Phi) is 5.69. The summed E-state index contributed by atoms with van der Waals surface area (Å²) in [5.41, 5.74) is 0.669. The highest BCUT2D eigenvalue weighted by Gasteiger charge is 2.43. The van der Waals surface area contributed by atoms with Crippen LogP contribution in [0.15, 0.2) is 30.3 Å². The van der Waals surface area contributed by atoms with E-state index in [0.29, 0.717) is 5.56 Å². The Bertz CT molecular complexity index is 555. The summed E-state index contributed by atoms with van der Waals surface area (Å²) in [6.07, 6.45) is -4.96. The van der Waals surface area contributed by atoms with Gasteiger partial charge < -0.3 is 35.0 Å². The van der Waals surface area contributed by atoms with E-state index < -0.39 is 43.3 Å². The molecule has 126 valence electrons. The fraction of sp³-hybridized carbons (Fsp3) is 0.400. The summed E-state index contributed by atoms with van der Waals surface area (Å²) in [6.45, 7) is -0.402. The van der Waals surface area contributed by atoms with Gasteiger partial charge in [-0.1, -0.05) is 12.1 Å². The average Bonchev–Trinajstić information content (AvgIpc) is 2.54. The summed E-state index contributed by atoms with van der Waals surface area (Å²) in [5.74, 6) is -0.614. The largest absolute Gasteiger partial charge is 0.508 e. The summed E-state index contributed by atoms with van der Waals surface area (Å²) in [6, 6.07) is 6.12. The first kappa shape index (κ1) is 17.4. The molecule has 0 radical (unpaired) electrons. The van der Waals surface area contributed by atoms with Gasteiger partial charge in [-0.05, 0) is 23.8 Å². The molecule has 1 aliphatic rings. The fourth-order valence-electron chi connectivity index (χ4n) is 2.03. The van der Waals surface area contributed by atoms with Gasteiger partial charge in [0.1, 0.15) is 36.8 Å². The monoisotopic (exact) mass is 326 g/mol. The molecule has 1 aliphatic heterocycles. The zero-order valence-electron chi connectivity index (χ0n) is 12.0. The van der Waals surface area contributed by atoms with E-state index in [2.05, 4.69) is 0 Å². The lowest BCUT2D eigenvalue weighted by atomic mass is 9.99. The second kappa shape index (κ2) is 7.53. The third kappa shape index (κ3) is 4.50. The molecule has 0 aromatic heterocycles. The van der Waals surface area contributed by atoms with E-state index in [-0.39, 0.29) is 5.75 Å². The summed E-state index contributed by atoms with van der Waals surface area (Å²) < 4.78 is 9.74. The number of phenolic OH excluding ortho intramolecular Hbond substituents is 1. The molecule has 2 rings (SSSR count). The molecule has 8 heteroatoms. The van der Waals surface area contributed by atoms with E-state index in [0.717, 1.165) is 6.08 Å². The third-order valence-electron chi connectivity index (χ3n) is 3.38. The zero-order valence-corrected chi connectivity index (χ0v) is 12.0. The molecule has 0 amide bonds. The van der Waals surface area contributed by atoms with Crippen LogP contribution in [0, 0.1) is 0 Å². The Labute approximate surface area is 131 Å². The number of benzene rings is 1. The molecule has 1 aromatic carbocycles. The molecular weight excluding hydrogens is 308 g/mol. The summed E-state index contributed by atoms with van der Waals surface area (Å²) in [5, 5.41) is 47.0. The first-order valence-corrected chi connectivity index (χ1v) is 6.90. The first-order chi connectivity index (χ1) is 10.9. The van der Waals surface area contributed by atoms with Crippen LogP contribution in [0.25, 0.3) is 6.08 Å². The molecule has 5 N–H and O–H groups in total. The van der Waals surface area contributed by atoms with Crippen LogP contribution in [-0.4, -0.2) is 68.8 Å². The first-order valence-electron chi connectivity index (χ1n) is 6.90. The maximum Gasteiger partial charge on any atom is 0.330 e. The topological polar surface area (TPSA) is 137 Å². The quantitative estimate of drug-likeness (QED) is 0.342. The van der Waals surface area contributed by atoms with Gasteiger partial charge in [0, 0.05) is 6.08 Å². The highest BCUT2D eigenvalue weighted by Crippen LogP contribution is 2.20. The van der Waals surface area contributed by atoms with Crippen molar-refractivity contribution >= 4 is 12.0 Å². The molecule has 0 spiro atoms. The van der Waals surface area contributed by atoms with Gasteiger partial charge >= 0.3 is 5.97 Å². The minimum absolute atomic E-state index is 0.104. The summed E-state index contributed by atoms with van der Waals surface area (Å²) in [4.78, 5) is 11.6. The highest BCUT2D eigenvalue weighted by molar-refractivity contribution is 5.87. The number of carbonyl (C=O) groups excluding carboxylic acids is 1. The third-order valence-corrected chi connectivity index (χ3v) is 3.38. The maximum absolute atomic E-state index is 11.6. The second-order valence-electron chi connectivity index (χ2n) is 5.09. The molecule has 5 atom stereocenters. The number of hydrogen-bond donors (Lipinski definition) is 5. The van der Waals surface area contributed by atoms with Crippen LogP contribution >= 0.6 is 0 Å². The van der Waals surface area contributed by atoms with Crippen molar-refractivity contribution < 1.29 is 39.8 Å². The van der Waals surface area contributed by atoms with Crippen molar-refractivity contribution in [2.24, 2.45) is 0 Å². The Morgan fingerprint density at radius 2 is 1.74 bits per heavy atom. The number of rotatable bonds is 4. The molecule has 1 heterocycles. The van der Waals surface area contributed by atoms with E-state index in [9.17, 15) is 25.2 Å². The number of aromatic hydroxyl groups is 1. The van der Waals surface area contributed by atoms with E-state index in [1.165, 1.54) is 18.2 Å². The molecule has 0 saturated carbocycles. The van der Waals surface area contributed by atoms with Gasteiger partial charge in [-0.2, -0.15) is 0 Å². The van der Waals surface area contributed by atoms with Crippen LogP contribution in [0.2, 0.25) is 0 Å². The number of carbonyl (C=O) groups is 1. The molecule has 0 aliphatic carbocycles. The van der Waals surface area contributed by atoms with E-state index in [4.69, 9.17) is 14.6 Å². The van der Waals surface area contributed by atoms with Crippen molar-refractivity contribution in [3.63, 3.8) is 0 Å². The normalized spacial score (nSPS) is 31.2. The molecule has 1 saturated heterocycles. The Hall–Kier alpha value is -1.97. The predicted octanol–water partition coefficient (Wildman–Crippen LogP) is -1.25. The fourth-order valence-corrected chi connectivity index (χ4v) is 2.03. The Morgan fingerprint density at radius 3 is 2.39 bits per heavy atom. The molecule has 1 aromatic rings. The van der Waals surface area contributed by atoms with Gasteiger partial charge in [-0.15, -0.1) is 0 Å². The lowest BCUT2D eigenvalue weighted by Gasteiger charge is -2.37. The molecule has 23 heavy (non-hydrogen) atoms. The summed E-state index contributed by atoms with van der Waals surface area (Å²) >= 11 is 0. The SMILES string of the molecule is O=C(C=Cc1ccc(O)cc1)OC[C@@H]1O[C@@H](O)[C@H](O)[C@@H](O)[C@@H]1O. The van der Waals surface area contributed by atoms with Crippen molar-refractivity contribution in [2.45, 2.75) is 30.7 Å². The smallest absolute Gasteiger partial charge is 0.330 e. The minimum Gasteiger partial charge on any atom is -0.508 e. The van der Waals surface area contributed by atoms with Crippen molar-refractivity contribution in [2.75, 3.05) is 6.61 Å². The number of esters is 1. The molecule has 1 fully saturated rings. The molecular formula is C15H18O8. The van der Waals surface area contributed by atoms with E-state index >= 15 is 0 Å². The van der Waals surface area contributed by atoms with Gasteiger partial charge in [-0.25, -0.2) is 4.79 Å². The van der Waals surface area contributed by atoms with Crippen LogP contribution < -0.4 is 0 Å². The van der Waals surface area contributed by atoms with Gasteiger partial charge in [0.05, 0.1) is 0 Å². The zero-order chi connectivity index (χ0) is 17.0. The minimum atomic E-state index is -1.68. The van der Waals surface area contributed by atoms with Crippen LogP contribution in [0.1, 0.15) is 5.56 Å². The predicted molar refractivity (Wildman–Crippen MR) is 77.0 cm³/mol. The van der Waals surface area contributed by atoms with Crippen LogP contribution in [0.4, 0.5) is 0 Å². The summed E-state index contributed by atoms with van der Waals surface area (Å²) in [7, 11) is 0. The Balaban J connectivity index is 1.85. The van der Waals surface area contributed by atoms with Crippen molar-refractivity contribution in [1.29, 1.82) is 0 Å². The van der Waals surface area contributed by atoms with Crippen LogP contribution in [0.3, 0.4) is 0 Å². The van der Waals surface area contributed by atoms with Gasteiger partial charge in [0.2, 0.25) is 0 Å². The number of aliphatic hydroxyl groups excluding tert-OH is 4. The van der Waals surface area contributed by atoms with Crippen molar-refractivity contribution in [3.8, 4) is 5.75 Å². The second-order valence-corrected chi connectivity index (χ2v) is 5.09. The lowest BCUT2D eigenvalue weighted by Crippen LogP contribution is -2.58. The lowest BCUT2D eigenvalue weighted by molar-refractivity contribution is -0.287. The Morgan fingerprint density at radius 1 is 1.09 bits per heavy atom. The highest BCUT2D eigenvalue weighted by atomic mass is 16.6. The van der Waals surface area contributed by atoms with Gasteiger partial charge in [0.15, 0.2) is 6.29 Å². The number of hydrogen-bond acceptors (Lipinski definition) is 8. The molecule has 0 bridgehead atoms. The molecule has 8 nitrogen and oxygen atoms in total. The average molecular weight is 326 g/mol. The van der Waals surface area contributed by atoms with Gasteiger partial charge in [-0.3, -0.25) is 0 Å². The number of aliphatic hydroxyl groups is 4. The van der Waals surface area contributed by atoms with Crippen molar-refractivity contribution in [3.05, 3.63) is 35.9 Å². The standard InChI is InChI=1S/C15H18O8/c16-9-4-1-8(2-5-9)3-6-11(17)22-7-10-12(18)13(19)14(20)15(21)23-10/h1-6,10,12-16,18-21H,7H2/t10-,12+,13-,14+,15+/m0/s1. The van der Waals surface area contributed by atoms with E-state index in [1.807, 2.05) is 0 Å². The van der Waals surface area contributed by atoms with Crippen LogP contribution in [-0.2, 0) is 14.3 Å². The molecule has 0 unspecified atom stereocenters. The van der Waals surface area contributed by atoms with E-state index in [1.54, 1.807) is 12.1 Å². The number of ether oxygens (including phenoxy) is 2. The number of phenols is 1. The van der Waals surface area contributed by atoms with Crippen LogP contribution in [0.5, 0.6) is 5.75 Å².